The van der Waals surface area contributed by atoms with Crippen LogP contribution in [0.2, 0.25) is 0 Å². The van der Waals surface area contributed by atoms with E-state index in [-0.39, 0.29) is 29.3 Å². The Morgan fingerprint density at radius 2 is 1.82 bits per heavy atom. The Hall–Kier alpha value is -3.61. The number of anilines is 3. The van der Waals surface area contributed by atoms with Gasteiger partial charge in [0.1, 0.15) is 17.3 Å². The van der Waals surface area contributed by atoms with Gasteiger partial charge in [0.05, 0.1) is 5.69 Å². The van der Waals surface area contributed by atoms with Crippen LogP contribution in [-0.2, 0) is 12.8 Å². The summed E-state index contributed by atoms with van der Waals surface area (Å²) in [6, 6.07) is 16.6. The van der Waals surface area contributed by atoms with Gasteiger partial charge in [0.25, 0.3) is 5.91 Å². The maximum Gasteiger partial charge on any atom is 0.270 e. The summed E-state index contributed by atoms with van der Waals surface area (Å²) in [5, 5.41) is 15.9. The minimum absolute atomic E-state index is 0.0143. The Morgan fingerprint density at radius 3 is 2.64 bits per heavy atom. The number of carbonyl (C=O) groups excluding carboxylic acids is 1. The molecule has 2 aromatic carbocycles. The number of nitrogens with one attached hydrogen (secondary N) is 2. The van der Waals surface area contributed by atoms with Gasteiger partial charge >= 0.3 is 0 Å². The zero-order valence-electron chi connectivity index (χ0n) is 15.2. The van der Waals surface area contributed by atoms with Crippen LogP contribution in [0.15, 0.2) is 54.6 Å². The number of amides is 1. The third kappa shape index (κ3) is 3.88. The average molecular weight is 375 g/mol. The van der Waals surface area contributed by atoms with Gasteiger partial charge in [-0.1, -0.05) is 36.4 Å². The number of hydrogen-bond acceptors (Lipinski definition) is 6. The van der Waals surface area contributed by atoms with Gasteiger partial charge < -0.3 is 21.5 Å². The first-order valence-corrected chi connectivity index (χ1v) is 9.16. The van der Waals surface area contributed by atoms with E-state index in [0.717, 1.165) is 19.3 Å². The van der Waals surface area contributed by atoms with Gasteiger partial charge in [0.2, 0.25) is 5.95 Å². The van der Waals surface area contributed by atoms with Gasteiger partial charge in [-0.3, -0.25) is 4.79 Å². The highest BCUT2D eigenvalue weighted by Gasteiger charge is 2.21. The van der Waals surface area contributed by atoms with Crippen LogP contribution >= 0.6 is 0 Å². The number of aromatic nitrogens is 2. The van der Waals surface area contributed by atoms with Crippen molar-refractivity contribution in [2.45, 2.75) is 25.3 Å². The van der Waals surface area contributed by atoms with Crippen LogP contribution in [0.25, 0.3) is 0 Å². The molecule has 5 N–H and O–H groups in total. The molecule has 0 spiro atoms. The van der Waals surface area contributed by atoms with Crippen LogP contribution in [0.1, 0.15) is 28.0 Å². The molecule has 3 aromatic rings. The lowest BCUT2D eigenvalue weighted by molar-refractivity contribution is 0.0928. The molecule has 0 saturated heterocycles. The first-order valence-electron chi connectivity index (χ1n) is 9.16. The molecule has 1 unspecified atom stereocenters. The Bertz CT molecular complexity index is 1020. The standard InChI is InChI=1S/C21H21N5O2/c22-21-25-17(12-19(26-21)24-16-7-3-4-8-18(16)27)20(28)23-15-10-9-13-5-1-2-6-14(13)11-15/h1-8,12,15,27H,9-11H2,(H,23,28)(H3,22,24,25,26). The van der Waals surface area contributed by atoms with E-state index in [9.17, 15) is 9.90 Å². The molecular formula is C21H21N5O2. The second kappa shape index (κ2) is 7.56. The van der Waals surface area contributed by atoms with Crippen molar-refractivity contribution >= 4 is 23.4 Å². The largest absolute Gasteiger partial charge is 0.506 e. The minimum Gasteiger partial charge on any atom is -0.506 e. The van der Waals surface area contributed by atoms with E-state index in [4.69, 9.17) is 5.73 Å². The summed E-state index contributed by atoms with van der Waals surface area (Å²) in [6.45, 7) is 0. The molecule has 0 aliphatic heterocycles. The fourth-order valence-electron chi connectivity index (χ4n) is 3.44. The van der Waals surface area contributed by atoms with Gasteiger partial charge in [-0.15, -0.1) is 0 Å². The number of rotatable bonds is 4. The summed E-state index contributed by atoms with van der Waals surface area (Å²) < 4.78 is 0. The smallest absolute Gasteiger partial charge is 0.270 e. The molecule has 1 aromatic heterocycles. The fourth-order valence-corrected chi connectivity index (χ4v) is 3.44. The number of nitrogens with two attached hydrogens (primary N) is 1. The summed E-state index contributed by atoms with van der Waals surface area (Å²) >= 11 is 0. The van der Waals surface area contributed by atoms with Crippen molar-refractivity contribution in [3.63, 3.8) is 0 Å². The zero-order valence-corrected chi connectivity index (χ0v) is 15.2. The van der Waals surface area contributed by atoms with Crippen LogP contribution in [0.3, 0.4) is 0 Å². The summed E-state index contributed by atoms with van der Waals surface area (Å²) in [6.07, 6.45) is 2.62. The van der Waals surface area contributed by atoms with Crippen molar-refractivity contribution < 1.29 is 9.90 Å². The Morgan fingerprint density at radius 1 is 1.07 bits per heavy atom. The zero-order chi connectivity index (χ0) is 19.5. The SMILES string of the molecule is Nc1nc(Nc2ccccc2O)cc(C(=O)NC2CCc3ccccc3C2)n1. The topological polar surface area (TPSA) is 113 Å². The fraction of sp³-hybridized carbons (Fsp3) is 0.190. The number of benzene rings is 2. The number of fused-ring (bicyclic) bond motifs is 1. The number of aryl methyl sites for hydroxylation is 1. The molecule has 0 radical (unpaired) electrons. The number of carbonyl (C=O) groups is 1. The van der Waals surface area contributed by atoms with Gasteiger partial charge in [-0.25, -0.2) is 4.98 Å². The van der Waals surface area contributed by atoms with Gasteiger partial charge in [0.15, 0.2) is 0 Å². The van der Waals surface area contributed by atoms with Crippen LogP contribution < -0.4 is 16.4 Å². The highest BCUT2D eigenvalue weighted by atomic mass is 16.3. The maximum atomic E-state index is 12.7. The van der Waals surface area contributed by atoms with E-state index in [1.54, 1.807) is 24.3 Å². The Kier molecular flexibility index (Phi) is 4.80. The van der Waals surface area contributed by atoms with Crippen LogP contribution in [-0.4, -0.2) is 27.0 Å². The van der Waals surface area contributed by atoms with Crippen molar-refractivity contribution in [2.75, 3.05) is 11.1 Å². The van der Waals surface area contributed by atoms with E-state index in [1.165, 1.54) is 17.2 Å². The lowest BCUT2D eigenvalue weighted by Crippen LogP contribution is -2.39. The van der Waals surface area contributed by atoms with Gasteiger partial charge in [-0.2, -0.15) is 4.98 Å². The van der Waals surface area contributed by atoms with Crippen LogP contribution in [0.4, 0.5) is 17.5 Å². The van der Waals surface area contributed by atoms with E-state index in [1.807, 2.05) is 12.1 Å². The monoisotopic (exact) mass is 375 g/mol. The van der Waals surface area contributed by atoms with Crippen molar-refractivity contribution in [2.24, 2.45) is 0 Å². The number of para-hydroxylation sites is 2. The molecule has 0 fully saturated rings. The summed E-state index contributed by atoms with van der Waals surface area (Å²) in [7, 11) is 0. The number of aromatic hydroxyl groups is 1. The van der Waals surface area contributed by atoms with Gasteiger partial charge in [-0.05, 0) is 42.5 Å². The van der Waals surface area contributed by atoms with Crippen molar-refractivity contribution in [1.29, 1.82) is 0 Å². The first kappa shape index (κ1) is 17.8. The summed E-state index contributed by atoms with van der Waals surface area (Å²) in [5.74, 6) is 0.109. The van der Waals surface area contributed by atoms with E-state index in [2.05, 4.69) is 32.7 Å². The molecule has 1 heterocycles. The number of nitrogen functional groups attached to an aromatic ring is 1. The Balaban J connectivity index is 1.49. The molecule has 7 nitrogen and oxygen atoms in total. The molecule has 7 heteroatoms. The van der Waals surface area contributed by atoms with Crippen molar-refractivity contribution in [1.82, 2.24) is 15.3 Å². The molecular weight excluding hydrogens is 354 g/mol. The van der Waals surface area contributed by atoms with Gasteiger partial charge in [0, 0.05) is 12.1 Å². The minimum atomic E-state index is -0.293. The number of phenols is 1. The molecule has 1 aliphatic rings. The quantitative estimate of drug-likeness (QED) is 0.522. The lowest BCUT2D eigenvalue weighted by atomic mass is 9.88. The third-order valence-corrected chi connectivity index (χ3v) is 4.82. The molecule has 0 bridgehead atoms. The Labute approximate surface area is 162 Å². The third-order valence-electron chi connectivity index (χ3n) is 4.82. The number of nitrogens with zero attached hydrogens (tertiary/aromatic N) is 2. The molecule has 142 valence electrons. The van der Waals surface area contributed by atoms with E-state index < -0.39 is 0 Å². The lowest BCUT2D eigenvalue weighted by Gasteiger charge is -2.25. The molecule has 1 aliphatic carbocycles. The molecule has 4 rings (SSSR count). The molecule has 1 atom stereocenters. The highest BCUT2D eigenvalue weighted by molar-refractivity contribution is 5.93. The summed E-state index contributed by atoms with van der Waals surface area (Å²) in [4.78, 5) is 20.9. The van der Waals surface area contributed by atoms with Crippen LogP contribution in [0, 0.1) is 0 Å². The molecule has 1 amide bonds. The second-order valence-corrected chi connectivity index (χ2v) is 6.82. The number of phenolic OH excluding ortho intramolecular Hbond substituents is 1. The highest BCUT2D eigenvalue weighted by Crippen LogP contribution is 2.26. The van der Waals surface area contributed by atoms with Crippen LogP contribution in [0.5, 0.6) is 5.75 Å². The number of hydrogen-bond donors (Lipinski definition) is 4. The summed E-state index contributed by atoms with van der Waals surface area (Å²) in [5.41, 5.74) is 9.04. The maximum absolute atomic E-state index is 12.7. The van der Waals surface area contributed by atoms with E-state index >= 15 is 0 Å². The molecule has 0 saturated carbocycles. The normalized spacial score (nSPS) is 15.5. The molecule has 28 heavy (non-hydrogen) atoms. The van der Waals surface area contributed by atoms with Crippen molar-refractivity contribution in [3.8, 4) is 5.75 Å². The predicted octanol–water partition coefficient (Wildman–Crippen LogP) is 2.80. The first-order chi connectivity index (χ1) is 13.6. The van der Waals surface area contributed by atoms with Crippen molar-refractivity contribution in [3.05, 3.63) is 71.4 Å². The average Bonchev–Trinajstić information content (AvgIpc) is 2.69. The predicted molar refractivity (Wildman–Crippen MR) is 108 cm³/mol. The van der Waals surface area contributed by atoms with E-state index in [0.29, 0.717) is 11.5 Å². The second-order valence-electron chi connectivity index (χ2n) is 6.82.